The third-order valence-electron chi connectivity index (χ3n) is 4.80. The highest BCUT2D eigenvalue weighted by molar-refractivity contribution is 5.88. The van der Waals surface area contributed by atoms with Gasteiger partial charge in [-0.25, -0.2) is 4.79 Å². The Morgan fingerprint density at radius 2 is 2.12 bits per heavy atom. The number of aromatic carboxylic acids is 1. The Balaban J connectivity index is 1.84. The first kappa shape index (κ1) is 17.5. The van der Waals surface area contributed by atoms with Crippen molar-refractivity contribution in [3.63, 3.8) is 0 Å². The predicted octanol–water partition coefficient (Wildman–Crippen LogP) is 2.90. The quantitative estimate of drug-likeness (QED) is 0.901. The second-order valence-corrected chi connectivity index (χ2v) is 6.92. The number of likely N-dealkylation sites (tertiary alicyclic amines) is 1. The van der Waals surface area contributed by atoms with Gasteiger partial charge in [-0.3, -0.25) is 15.0 Å². The first-order valence-electron chi connectivity index (χ1n) is 8.77. The van der Waals surface area contributed by atoms with Crippen LogP contribution in [0.15, 0.2) is 30.9 Å². The zero-order chi connectivity index (χ0) is 17.8. The molecule has 0 spiro atoms. The van der Waals surface area contributed by atoms with Gasteiger partial charge in [-0.05, 0) is 51.6 Å². The summed E-state index contributed by atoms with van der Waals surface area (Å²) in [4.78, 5) is 26.8. The molecule has 132 valence electrons. The number of hydrogen-bond acceptors (Lipinski definition) is 5. The van der Waals surface area contributed by atoms with Crippen molar-refractivity contribution in [3.05, 3.63) is 42.1 Å². The number of carboxylic acids is 1. The fourth-order valence-electron chi connectivity index (χ4n) is 3.45. The summed E-state index contributed by atoms with van der Waals surface area (Å²) in [6.07, 6.45) is 9.60. The molecular weight excluding hydrogens is 316 g/mol. The van der Waals surface area contributed by atoms with Gasteiger partial charge in [-0.1, -0.05) is 0 Å². The van der Waals surface area contributed by atoms with E-state index >= 15 is 0 Å². The molecule has 3 rings (SSSR count). The molecule has 6 heteroatoms. The van der Waals surface area contributed by atoms with Crippen LogP contribution in [0.4, 0.5) is 0 Å². The van der Waals surface area contributed by atoms with Gasteiger partial charge < -0.3 is 10.0 Å². The molecule has 0 unspecified atom stereocenters. The maximum atomic E-state index is 11.2. The van der Waals surface area contributed by atoms with E-state index in [1.54, 1.807) is 24.7 Å². The summed E-state index contributed by atoms with van der Waals surface area (Å²) < 4.78 is 0. The number of pyridine rings is 1. The van der Waals surface area contributed by atoms with Crippen molar-refractivity contribution < 1.29 is 9.90 Å². The Morgan fingerprint density at radius 3 is 2.88 bits per heavy atom. The van der Waals surface area contributed by atoms with E-state index in [1.807, 2.05) is 0 Å². The molecule has 1 N–H and O–H groups in total. The fourth-order valence-corrected chi connectivity index (χ4v) is 3.45. The van der Waals surface area contributed by atoms with Crippen LogP contribution in [0.25, 0.3) is 11.3 Å². The summed E-state index contributed by atoms with van der Waals surface area (Å²) in [5.41, 5.74) is 2.53. The topological polar surface area (TPSA) is 79.2 Å². The number of aromatic nitrogens is 3. The standard InChI is InChI=1S/C19H24N4O2/c1-13(2)23-7-3-4-14(12-23)8-17-18(22-6-5-21-17)15-9-16(19(24)25)11-20-10-15/h5-6,9-11,13-14H,3-4,7-8,12H2,1-2H3,(H,24,25)/t14-/m1/s1. The Hall–Kier alpha value is -2.34. The number of rotatable bonds is 5. The smallest absolute Gasteiger partial charge is 0.337 e. The summed E-state index contributed by atoms with van der Waals surface area (Å²) in [5, 5.41) is 9.19. The molecule has 6 nitrogen and oxygen atoms in total. The zero-order valence-electron chi connectivity index (χ0n) is 14.7. The third-order valence-corrected chi connectivity index (χ3v) is 4.80. The number of hydrogen-bond donors (Lipinski definition) is 1. The molecular formula is C19H24N4O2. The van der Waals surface area contributed by atoms with Gasteiger partial charge in [0.2, 0.25) is 0 Å². The van der Waals surface area contributed by atoms with E-state index in [0.29, 0.717) is 17.5 Å². The van der Waals surface area contributed by atoms with Gasteiger partial charge in [0.15, 0.2) is 0 Å². The van der Waals surface area contributed by atoms with E-state index in [4.69, 9.17) is 0 Å². The average Bonchev–Trinajstić information content (AvgIpc) is 2.62. The van der Waals surface area contributed by atoms with Crippen molar-refractivity contribution in [2.45, 2.75) is 39.2 Å². The minimum absolute atomic E-state index is 0.165. The number of piperidine rings is 1. The Kier molecular flexibility index (Phi) is 5.38. The average molecular weight is 340 g/mol. The van der Waals surface area contributed by atoms with Crippen molar-refractivity contribution in [1.29, 1.82) is 0 Å². The summed E-state index contributed by atoms with van der Waals surface area (Å²) in [7, 11) is 0. The minimum atomic E-state index is -0.986. The van der Waals surface area contributed by atoms with Gasteiger partial charge in [-0.15, -0.1) is 0 Å². The zero-order valence-corrected chi connectivity index (χ0v) is 14.7. The maximum absolute atomic E-state index is 11.2. The molecule has 0 aliphatic carbocycles. The van der Waals surface area contributed by atoms with Crippen LogP contribution in [0.5, 0.6) is 0 Å². The van der Waals surface area contributed by atoms with Crippen LogP contribution >= 0.6 is 0 Å². The summed E-state index contributed by atoms with van der Waals surface area (Å²) in [5.74, 6) is -0.443. The van der Waals surface area contributed by atoms with Gasteiger partial charge in [0.1, 0.15) is 0 Å². The monoisotopic (exact) mass is 340 g/mol. The van der Waals surface area contributed by atoms with Crippen molar-refractivity contribution in [2.24, 2.45) is 5.92 Å². The molecule has 3 heterocycles. The molecule has 1 aliphatic heterocycles. The molecule has 1 fully saturated rings. The fraction of sp³-hybridized carbons (Fsp3) is 0.474. The van der Waals surface area contributed by atoms with Crippen molar-refractivity contribution in [2.75, 3.05) is 13.1 Å². The highest BCUT2D eigenvalue weighted by atomic mass is 16.4. The van der Waals surface area contributed by atoms with Crippen molar-refractivity contribution in [1.82, 2.24) is 19.9 Å². The molecule has 0 radical (unpaired) electrons. The molecule has 1 aliphatic rings. The van der Waals surface area contributed by atoms with Crippen LogP contribution in [-0.4, -0.2) is 50.1 Å². The Labute approximate surface area is 148 Å². The van der Waals surface area contributed by atoms with Crippen molar-refractivity contribution >= 4 is 5.97 Å². The maximum Gasteiger partial charge on any atom is 0.337 e. The lowest BCUT2D eigenvalue weighted by atomic mass is 9.91. The first-order valence-corrected chi connectivity index (χ1v) is 8.77. The van der Waals surface area contributed by atoms with E-state index < -0.39 is 5.97 Å². The summed E-state index contributed by atoms with van der Waals surface area (Å²) in [6, 6.07) is 2.17. The Bertz CT molecular complexity index is 748. The summed E-state index contributed by atoms with van der Waals surface area (Å²) >= 11 is 0. The van der Waals surface area contributed by atoms with E-state index in [0.717, 1.165) is 30.9 Å². The molecule has 1 saturated heterocycles. The molecule has 0 bridgehead atoms. The SMILES string of the molecule is CC(C)N1CCC[C@H](Cc2nccnc2-c2cncc(C(=O)O)c2)C1. The normalized spacial score (nSPS) is 18.4. The predicted molar refractivity (Wildman–Crippen MR) is 95.4 cm³/mol. The second kappa shape index (κ2) is 7.70. The highest BCUT2D eigenvalue weighted by Crippen LogP contribution is 2.26. The van der Waals surface area contributed by atoms with Crippen LogP contribution in [-0.2, 0) is 6.42 Å². The van der Waals surface area contributed by atoms with Crippen LogP contribution in [0.3, 0.4) is 0 Å². The number of carbonyl (C=O) groups is 1. The van der Waals surface area contributed by atoms with Gasteiger partial charge in [0.25, 0.3) is 0 Å². The summed E-state index contributed by atoms with van der Waals surface area (Å²) in [6.45, 7) is 6.70. The molecule has 0 aromatic carbocycles. The molecule has 2 aromatic heterocycles. The number of carboxylic acid groups (broad SMARTS) is 1. The molecule has 2 aromatic rings. The third kappa shape index (κ3) is 4.20. The van der Waals surface area contributed by atoms with Crippen LogP contribution in [0.1, 0.15) is 42.7 Å². The van der Waals surface area contributed by atoms with Crippen LogP contribution in [0.2, 0.25) is 0 Å². The van der Waals surface area contributed by atoms with E-state index in [1.165, 1.54) is 19.0 Å². The van der Waals surface area contributed by atoms with Gasteiger partial charge >= 0.3 is 5.97 Å². The van der Waals surface area contributed by atoms with E-state index in [9.17, 15) is 9.90 Å². The van der Waals surface area contributed by atoms with Crippen LogP contribution < -0.4 is 0 Å². The molecule has 1 atom stereocenters. The van der Waals surface area contributed by atoms with Gasteiger partial charge in [-0.2, -0.15) is 0 Å². The van der Waals surface area contributed by atoms with Gasteiger partial charge in [0, 0.05) is 42.9 Å². The molecule has 0 amide bonds. The van der Waals surface area contributed by atoms with Gasteiger partial charge in [0.05, 0.1) is 17.0 Å². The minimum Gasteiger partial charge on any atom is -0.478 e. The molecule has 25 heavy (non-hydrogen) atoms. The lowest BCUT2D eigenvalue weighted by molar-refractivity contribution is 0.0696. The van der Waals surface area contributed by atoms with E-state index in [-0.39, 0.29) is 5.56 Å². The van der Waals surface area contributed by atoms with E-state index in [2.05, 4.69) is 33.7 Å². The first-order chi connectivity index (χ1) is 12.0. The lowest BCUT2D eigenvalue weighted by Gasteiger charge is -2.35. The van der Waals surface area contributed by atoms with Crippen molar-refractivity contribution in [3.8, 4) is 11.3 Å². The van der Waals surface area contributed by atoms with Crippen LogP contribution in [0, 0.1) is 5.92 Å². The Morgan fingerprint density at radius 1 is 1.32 bits per heavy atom. The lowest BCUT2D eigenvalue weighted by Crippen LogP contribution is -2.40. The second-order valence-electron chi connectivity index (χ2n) is 6.92. The molecule has 0 saturated carbocycles. The highest BCUT2D eigenvalue weighted by Gasteiger charge is 2.23. The largest absolute Gasteiger partial charge is 0.478 e. The number of nitrogens with zero attached hydrogens (tertiary/aromatic N) is 4.